The van der Waals surface area contributed by atoms with Crippen molar-refractivity contribution >= 4 is 33.4 Å². The molecule has 5 rings (SSSR count). The summed E-state index contributed by atoms with van der Waals surface area (Å²) in [6.45, 7) is 5.36. The largest absolute Gasteiger partial charge is 0.338 e. The highest BCUT2D eigenvalue weighted by Crippen LogP contribution is 2.42. The Kier molecular flexibility index (Phi) is 3.94. The maximum atomic E-state index is 6.52. The molecule has 0 atom stereocenters. The lowest BCUT2D eigenvalue weighted by atomic mass is 9.99. The van der Waals surface area contributed by atoms with Gasteiger partial charge in [0.15, 0.2) is 0 Å². The summed E-state index contributed by atoms with van der Waals surface area (Å²) in [5.41, 5.74) is 7.11. The van der Waals surface area contributed by atoms with Crippen molar-refractivity contribution in [2.24, 2.45) is 5.92 Å². The summed E-state index contributed by atoms with van der Waals surface area (Å²) in [5, 5.41) is 3.14. The number of benzene rings is 1. The number of hydrogen-bond donors (Lipinski definition) is 0. The number of rotatable bonds is 4. The summed E-state index contributed by atoms with van der Waals surface area (Å²) in [6, 6.07) is 10.8. The Bertz CT molecular complexity index is 1170. The van der Waals surface area contributed by atoms with E-state index in [0.717, 1.165) is 30.1 Å². The molecule has 0 bridgehead atoms. The Morgan fingerprint density at radius 2 is 1.89 bits per heavy atom. The first kappa shape index (κ1) is 16.8. The van der Waals surface area contributed by atoms with Crippen LogP contribution in [0.1, 0.15) is 31.0 Å². The summed E-state index contributed by atoms with van der Waals surface area (Å²) in [6.07, 6.45) is 7.29. The van der Waals surface area contributed by atoms with Crippen LogP contribution in [0.15, 0.2) is 42.7 Å². The van der Waals surface area contributed by atoms with Crippen molar-refractivity contribution in [3.05, 3.63) is 59.1 Å². The molecule has 3 heterocycles. The average Bonchev–Trinajstić information content (AvgIpc) is 3.44. The Balaban J connectivity index is 1.95. The van der Waals surface area contributed by atoms with Crippen LogP contribution in [0.2, 0.25) is 5.15 Å². The normalized spacial score (nSPS) is 14.3. The summed E-state index contributed by atoms with van der Waals surface area (Å²) in [7, 11) is 0. The predicted molar refractivity (Wildman–Crippen MR) is 112 cm³/mol. The molecule has 1 aliphatic rings. The van der Waals surface area contributed by atoms with Gasteiger partial charge in [-0.1, -0.05) is 18.5 Å². The van der Waals surface area contributed by atoms with Crippen LogP contribution in [0.5, 0.6) is 0 Å². The minimum atomic E-state index is 0.560. The third-order valence-electron chi connectivity index (χ3n) is 5.70. The SMILES string of the molecule is CCc1cc(-c2cccnc2Cl)c2c(c1)c1ccnc(C)c1n2CC1CC1. The van der Waals surface area contributed by atoms with Gasteiger partial charge in [-0.3, -0.25) is 4.98 Å². The molecule has 0 spiro atoms. The van der Waals surface area contributed by atoms with E-state index in [1.807, 2.05) is 12.3 Å². The van der Waals surface area contributed by atoms with Crippen LogP contribution in [-0.2, 0) is 13.0 Å². The van der Waals surface area contributed by atoms with Gasteiger partial charge in [0, 0.05) is 40.8 Å². The van der Waals surface area contributed by atoms with Crippen LogP contribution < -0.4 is 0 Å². The summed E-state index contributed by atoms with van der Waals surface area (Å²) in [5.74, 6) is 0.770. The Labute approximate surface area is 164 Å². The van der Waals surface area contributed by atoms with E-state index >= 15 is 0 Å². The molecule has 3 nitrogen and oxygen atoms in total. The lowest BCUT2D eigenvalue weighted by Gasteiger charge is -2.13. The number of nitrogens with zero attached hydrogens (tertiary/aromatic N) is 3. The Morgan fingerprint density at radius 3 is 2.63 bits per heavy atom. The van der Waals surface area contributed by atoms with Crippen molar-refractivity contribution in [1.82, 2.24) is 14.5 Å². The van der Waals surface area contributed by atoms with Gasteiger partial charge < -0.3 is 4.57 Å². The van der Waals surface area contributed by atoms with Crippen LogP contribution in [0.25, 0.3) is 32.9 Å². The van der Waals surface area contributed by atoms with Gasteiger partial charge >= 0.3 is 0 Å². The van der Waals surface area contributed by atoms with Crippen LogP contribution in [-0.4, -0.2) is 14.5 Å². The molecule has 4 aromatic rings. The zero-order valence-electron chi connectivity index (χ0n) is 15.7. The van der Waals surface area contributed by atoms with Gasteiger partial charge in [-0.2, -0.15) is 0 Å². The zero-order valence-corrected chi connectivity index (χ0v) is 16.4. The van der Waals surface area contributed by atoms with Crippen LogP contribution in [0.4, 0.5) is 0 Å². The molecule has 0 saturated heterocycles. The molecule has 0 radical (unpaired) electrons. The molecule has 1 aliphatic carbocycles. The van der Waals surface area contributed by atoms with E-state index < -0.39 is 0 Å². The molecule has 27 heavy (non-hydrogen) atoms. The number of hydrogen-bond acceptors (Lipinski definition) is 2. The fraction of sp³-hybridized carbons (Fsp3) is 0.304. The smallest absolute Gasteiger partial charge is 0.136 e. The number of halogens is 1. The van der Waals surface area contributed by atoms with Crippen molar-refractivity contribution in [3.63, 3.8) is 0 Å². The summed E-state index contributed by atoms with van der Waals surface area (Å²) < 4.78 is 2.49. The quantitative estimate of drug-likeness (QED) is 0.398. The minimum absolute atomic E-state index is 0.560. The molecular weight excluding hydrogens is 354 g/mol. The fourth-order valence-electron chi connectivity index (χ4n) is 4.16. The molecule has 1 aromatic carbocycles. The zero-order chi connectivity index (χ0) is 18.5. The first-order valence-corrected chi connectivity index (χ1v) is 10.1. The molecule has 0 unspecified atom stereocenters. The maximum absolute atomic E-state index is 6.52. The van der Waals surface area contributed by atoms with E-state index in [1.54, 1.807) is 6.20 Å². The van der Waals surface area contributed by atoms with E-state index in [1.165, 1.54) is 45.8 Å². The van der Waals surface area contributed by atoms with Gasteiger partial charge in [-0.05, 0) is 68.0 Å². The Morgan fingerprint density at radius 1 is 1.04 bits per heavy atom. The first-order valence-electron chi connectivity index (χ1n) is 9.68. The second-order valence-corrected chi connectivity index (χ2v) is 7.94. The van der Waals surface area contributed by atoms with Gasteiger partial charge in [-0.25, -0.2) is 4.98 Å². The highest BCUT2D eigenvalue weighted by atomic mass is 35.5. The molecule has 1 saturated carbocycles. The molecular formula is C23H22ClN3. The lowest BCUT2D eigenvalue weighted by molar-refractivity contribution is 0.662. The van der Waals surface area contributed by atoms with Crippen molar-refractivity contribution < 1.29 is 0 Å². The molecule has 3 aromatic heterocycles. The molecule has 136 valence electrons. The van der Waals surface area contributed by atoms with Crippen molar-refractivity contribution in [2.75, 3.05) is 0 Å². The molecule has 0 N–H and O–H groups in total. The van der Waals surface area contributed by atoms with Gasteiger partial charge in [-0.15, -0.1) is 0 Å². The average molecular weight is 376 g/mol. The number of pyridine rings is 2. The molecule has 0 amide bonds. The molecule has 1 fully saturated rings. The Hall–Kier alpha value is -2.39. The third kappa shape index (κ3) is 2.72. The van der Waals surface area contributed by atoms with Crippen molar-refractivity contribution in [2.45, 2.75) is 39.7 Å². The predicted octanol–water partition coefficient (Wildman–Crippen LogP) is 6.19. The number of aromatic nitrogens is 3. The highest BCUT2D eigenvalue weighted by Gasteiger charge is 2.26. The fourth-order valence-corrected chi connectivity index (χ4v) is 4.38. The standard InChI is InChI=1S/C23H22ClN3/c1-3-15-11-19-17-8-10-25-14(2)21(17)27(13-16-6-7-16)22(19)20(12-15)18-5-4-9-26-23(18)24/h4-5,8-12,16H,3,6-7,13H2,1-2H3. The first-order chi connectivity index (χ1) is 13.2. The lowest BCUT2D eigenvalue weighted by Crippen LogP contribution is -2.02. The molecule has 0 aliphatic heterocycles. The van der Waals surface area contributed by atoms with Crippen molar-refractivity contribution in [3.8, 4) is 11.1 Å². The van der Waals surface area contributed by atoms with Crippen LogP contribution in [0.3, 0.4) is 0 Å². The number of fused-ring (bicyclic) bond motifs is 3. The summed E-state index contributed by atoms with van der Waals surface area (Å²) in [4.78, 5) is 8.93. The monoisotopic (exact) mass is 375 g/mol. The molecule has 4 heteroatoms. The maximum Gasteiger partial charge on any atom is 0.136 e. The van der Waals surface area contributed by atoms with Crippen molar-refractivity contribution in [1.29, 1.82) is 0 Å². The highest BCUT2D eigenvalue weighted by molar-refractivity contribution is 6.32. The van der Waals surface area contributed by atoms with E-state index in [0.29, 0.717) is 5.15 Å². The van der Waals surface area contributed by atoms with E-state index in [4.69, 9.17) is 11.6 Å². The van der Waals surface area contributed by atoms with Gasteiger partial charge in [0.05, 0.1) is 16.7 Å². The van der Waals surface area contributed by atoms with Gasteiger partial charge in [0.2, 0.25) is 0 Å². The summed E-state index contributed by atoms with van der Waals surface area (Å²) >= 11 is 6.52. The topological polar surface area (TPSA) is 30.7 Å². The second kappa shape index (κ2) is 6.35. The van der Waals surface area contributed by atoms with Gasteiger partial charge in [0.25, 0.3) is 0 Å². The minimum Gasteiger partial charge on any atom is -0.338 e. The van der Waals surface area contributed by atoms with E-state index in [9.17, 15) is 0 Å². The van der Waals surface area contributed by atoms with Crippen LogP contribution >= 0.6 is 11.6 Å². The van der Waals surface area contributed by atoms with Gasteiger partial charge in [0.1, 0.15) is 5.15 Å². The third-order valence-corrected chi connectivity index (χ3v) is 6.00. The van der Waals surface area contributed by atoms with E-state index in [-0.39, 0.29) is 0 Å². The number of aryl methyl sites for hydroxylation is 2. The van der Waals surface area contributed by atoms with Crippen LogP contribution in [0, 0.1) is 12.8 Å². The van der Waals surface area contributed by atoms with E-state index in [2.05, 4.69) is 52.6 Å². The second-order valence-electron chi connectivity index (χ2n) is 7.58.